The molecule has 0 spiro atoms. The summed E-state index contributed by atoms with van der Waals surface area (Å²) >= 11 is 0. The van der Waals surface area contributed by atoms with Crippen molar-refractivity contribution in [1.82, 2.24) is 9.55 Å². The zero-order chi connectivity index (χ0) is 19.5. The zero-order valence-corrected chi connectivity index (χ0v) is 16.0. The molecule has 2 aliphatic rings. The summed E-state index contributed by atoms with van der Waals surface area (Å²) in [7, 11) is 0. The van der Waals surface area contributed by atoms with Gasteiger partial charge in [0.25, 0.3) is 0 Å². The summed E-state index contributed by atoms with van der Waals surface area (Å²) < 4.78 is 7.84. The first-order chi connectivity index (χ1) is 13.6. The second-order valence-electron chi connectivity index (χ2n) is 7.76. The van der Waals surface area contributed by atoms with E-state index in [9.17, 15) is 4.79 Å². The van der Waals surface area contributed by atoms with E-state index < -0.39 is 0 Å². The van der Waals surface area contributed by atoms with Crippen LogP contribution in [0.3, 0.4) is 0 Å². The normalized spacial score (nSPS) is 24.9. The van der Waals surface area contributed by atoms with Crippen LogP contribution in [-0.2, 0) is 9.53 Å². The van der Waals surface area contributed by atoms with Crippen LogP contribution < -0.4 is 16.8 Å². The van der Waals surface area contributed by atoms with Gasteiger partial charge in [-0.1, -0.05) is 0 Å². The summed E-state index contributed by atoms with van der Waals surface area (Å²) in [5, 5.41) is 4.07. The summed E-state index contributed by atoms with van der Waals surface area (Å²) in [6.45, 7) is 1.44. The van der Waals surface area contributed by atoms with E-state index >= 15 is 0 Å². The van der Waals surface area contributed by atoms with Gasteiger partial charge in [-0.25, -0.2) is 4.98 Å². The Kier molecular flexibility index (Phi) is 5.47. The minimum atomic E-state index is 0.0268. The molecule has 2 aromatic rings. The van der Waals surface area contributed by atoms with Crippen LogP contribution in [0.1, 0.15) is 44.8 Å². The van der Waals surface area contributed by atoms with Gasteiger partial charge in [0.1, 0.15) is 11.9 Å². The van der Waals surface area contributed by atoms with Crippen molar-refractivity contribution in [1.29, 1.82) is 0 Å². The third-order valence-electron chi connectivity index (χ3n) is 5.84. The van der Waals surface area contributed by atoms with Gasteiger partial charge in [-0.3, -0.25) is 9.79 Å². The lowest BCUT2D eigenvalue weighted by Crippen LogP contribution is -2.29. The van der Waals surface area contributed by atoms with Crippen molar-refractivity contribution in [2.24, 2.45) is 28.3 Å². The number of amides is 1. The number of guanidine groups is 1. The topological polar surface area (TPSA) is 121 Å². The van der Waals surface area contributed by atoms with Gasteiger partial charge < -0.3 is 26.1 Å². The second kappa shape index (κ2) is 8.18. The maximum Gasteiger partial charge on any atom is 0.227 e. The number of aromatic nitrogens is 2. The van der Waals surface area contributed by atoms with E-state index in [1.807, 2.05) is 18.3 Å². The van der Waals surface area contributed by atoms with Gasteiger partial charge in [0.2, 0.25) is 5.91 Å². The van der Waals surface area contributed by atoms with Crippen LogP contribution in [0.25, 0.3) is 11.0 Å². The molecule has 1 aliphatic heterocycles. The highest BCUT2D eigenvalue weighted by molar-refractivity contribution is 6.01. The van der Waals surface area contributed by atoms with E-state index in [1.54, 1.807) is 6.20 Å². The molecule has 1 aliphatic carbocycles. The number of fused-ring (bicyclic) bond motifs is 1. The lowest BCUT2D eigenvalue weighted by Gasteiger charge is -2.26. The first kappa shape index (κ1) is 18.7. The van der Waals surface area contributed by atoms with Gasteiger partial charge in [-0.15, -0.1) is 0 Å². The van der Waals surface area contributed by atoms with Crippen LogP contribution in [0.2, 0.25) is 0 Å². The van der Waals surface area contributed by atoms with Crippen LogP contribution in [0.5, 0.6) is 0 Å². The van der Waals surface area contributed by atoms with Gasteiger partial charge in [0.05, 0.1) is 5.69 Å². The largest absolute Gasteiger partial charge is 0.370 e. The van der Waals surface area contributed by atoms with E-state index in [-0.39, 0.29) is 24.0 Å². The Morgan fingerprint density at radius 1 is 1.25 bits per heavy atom. The first-order valence-corrected chi connectivity index (χ1v) is 10.0. The molecule has 2 aromatic heterocycles. The molecule has 1 amide bonds. The highest BCUT2D eigenvalue weighted by atomic mass is 16.5. The molecule has 1 saturated heterocycles. The average molecular weight is 384 g/mol. The van der Waals surface area contributed by atoms with Crippen LogP contribution >= 0.6 is 0 Å². The van der Waals surface area contributed by atoms with Crippen molar-refractivity contribution in [3.05, 3.63) is 24.5 Å². The minimum absolute atomic E-state index is 0.0268. The molecule has 0 aromatic carbocycles. The first-order valence-electron chi connectivity index (χ1n) is 10.0. The van der Waals surface area contributed by atoms with Crippen LogP contribution in [-0.4, -0.2) is 34.6 Å². The van der Waals surface area contributed by atoms with Crippen molar-refractivity contribution < 1.29 is 9.53 Å². The number of nitrogens with one attached hydrogen (secondary N) is 1. The van der Waals surface area contributed by atoms with Crippen molar-refractivity contribution >= 4 is 28.6 Å². The average Bonchev–Trinajstić information content (AvgIpc) is 3.36. The number of nitrogens with zero attached hydrogens (tertiary/aromatic N) is 3. The third-order valence-corrected chi connectivity index (χ3v) is 5.84. The summed E-state index contributed by atoms with van der Waals surface area (Å²) in [6, 6.07) is 3.87. The molecule has 150 valence electrons. The number of carbonyl (C=O) groups is 1. The minimum Gasteiger partial charge on any atom is -0.370 e. The smallest absolute Gasteiger partial charge is 0.227 e. The fourth-order valence-corrected chi connectivity index (χ4v) is 4.26. The van der Waals surface area contributed by atoms with Crippen LogP contribution in [0, 0.1) is 11.8 Å². The fraction of sp³-hybridized carbons (Fsp3) is 0.550. The number of ether oxygens (including phenoxy) is 1. The predicted molar refractivity (Wildman–Crippen MR) is 109 cm³/mol. The van der Waals surface area contributed by atoms with Gasteiger partial charge >= 0.3 is 0 Å². The SMILES string of the molecule is NC(N)=NCC1CCC(C(=O)Nc2ccnc3c2ccn3C2CCCO2)CC1. The highest BCUT2D eigenvalue weighted by Crippen LogP contribution is 2.32. The number of aliphatic imine (C=N–C) groups is 1. The van der Waals surface area contributed by atoms with E-state index in [2.05, 4.69) is 19.9 Å². The molecule has 0 radical (unpaired) electrons. The fourth-order valence-electron chi connectivity index (χ4n) is 4.26. The number of anilines is 1. The molecule has 2 fully saturated rings. The van der Waals surface area contributed by atoms with Crippen LogP contribution in [0.4, 0.5) is 5.69 Å². The molecule has 3 heterocycles. The number of pyridine rings is 1. The van der Waals surface area contributed by atoms with Crippen LogP contribution in [0.15, 0.2) is 29.5 Å². The molecular formula is C20H28N6O2. The summed E-state index contributed by atoms with van der Waals surface area (Å²) in [4.78, 5) is 21.4. The number of hydrogen-bond donors (Lipinski definition) is 3. The third kappa shape index (κ3) is 3.96. The number of nitrogens with two attached hydrogens (primary N) is 2. The van der Waals surface area contributed by atoms with Crippen molar-refractivity contribution in [3.63, 3.8) is 0 Å². The molecule has 1 saturated carbocycles. The van der Waals surface area contributed by atoms with Crippen molar-refractivity contribution in [2.45, 2.75) is 44.8 Å². The standard InChI is InChI=1S/C20H28N6O2/c21-20(22)24-12-13-3-5-14(6-4-13)19(27)25-16-7-9-23-18-15(16)8-10-26(18)17-2-1-11-28-17/h7-10,13-14,17H,1-6,11-12H2,(H4,21,22,24)(H,23,25,27). The van der Waals surface area contributed by atoms with E-state index in [4.69, 9.17) is 16.2 Å². The zero-order valence-electron chi connectivity index (χ0n) is 16.0. The molecule has 8 nitrogen and oxygen atoms in total. The molecule has 1 atom stereocenters. The lowest BCUT2D eigenvalue weighted by molar-refractivity contribution is -0.121. The Bertz CT molecular complexity index is 859. The highest BCUT2D eigenvalue weighted by Gasteiger charge is 2.27. The van der Waals surface area contributed by atoms with E-state index in [1.165, 1.54) is 0 Å². The van der Waals surface area contributed by atoms with Crippen molar-refractivity contribution in [2.75, 3.05) is 18.5 Å². The quantitative estimate of drug-likeness (QED) is 0.540. The van der Waals surface area contributed by atoms with Gasteiger partial charge in [-0.05, 0) is 56.6 Å². The van der Waals surface area contributed by atoms with Gasteiger partial charge in [0, 0.05) is 36.8 Å². The Morgan fingerprint density at radius 3 is 2.79 bits per heavy atom. The molecule has 4 rings (SSSR count). The maximum atomic E-state index is 12.8. The lowest BCUT2D eigenvalue weighted by atomic mass is 9.81. The Balaban J connectivity index is 1.41. The number of carbonyl (C=O) groups excluding carboxylic acids is 1. The summed E-state index contributed by atoms with van der Waals surface area (Å²) in [5.74, 6) is 0.701. The molecule has 1 unspecified atom stereocenters. The summed E-state index contributed by atoms with van der Waals surface area (Å²) in [6.07, 6.45) is 9.50. The Labute approximate surface area is 164 Å². The van der Waals surface area contributed by atoms with Gasteiger partial charge in [0.15, 0.2) is 5.96 Å². The molecular weight excluding hydrogens is 356 g/mol. The molecule has 5 N–H and O–H groups in total. The number of rotatable bonds is 5. The Morgan fingerprint density at radius 2 is 2.07 bits per heavy atom. The van der Waals surface area contributed by atoms with E-state index in [0.29, 0.717) is 12.5 Å². The predicted octanol–water partition coefficient (Wildman–Crippen LogP) is 2.36. The van der Waals surface area contributed by atoms with E-state index in [0.717, 1.165) is 61.9 Å². The maximum absolute atomic E-state index is 12.8. The molecule has 0 bridgehead atoms. The number of hydrogen-bond acceptors (Lipinski definition) is 4. The van der Waals surface area contributed by atoms with Gasteiger partial charge in [-0.2, -0.15) is 0 Å². The van der Waals surface area contributed by atoms with Crippen molar-refractivity contribution in [3.8, 4) is 0 Å². The second-order valence-corrected chi connectivity index (χ2v) is 7.76. The molecule has 8 heteroatoms. The molecule has 28 heavy (non-hydrogen) atoms. The monoisotopic (exact) mass is 384 g/mol. The summed E-state index contributed by atoms with van der Waals surface area (Å²) in [5.41, 5.74) is 12.5. The Hall–Kier alpha value is -2.61.